The fourth-order valence-corrected chi connectivity index (χ4v) is 8.12. The number of hydrogen-bond acceptors (Lipinski definition) is 6. The van der Waals surface area contributed by atoms with Crippen molar-refractivity contribution in [3.63, 3.8) is 0 Å². The summed E-state index contributed by atoms with van der Waals surface area (Å²) in [5.41, 5.74) is 6.16. The van der Waals surface area contributed by atoms with E-state index in [1.165, 1.54) is 78.9 Å². The third-order valence-corrected chi connectivity index (χ3v) is 11.4. The van der Waals surface area contributed by atoms with E-state index in [0.717, 1.165) is 36.5 Å². The Balaban J connectivity index is 1.59. The molecule has 6 nitrogen and oxygen atoms in total. The van der Waals surface area contributed by atoms with E-state index in [1.807, 2.05) is 0 Å². The number of aryl methyl sites for hydroxylation is 2. The van der Waals surface area contributed by atoms with Gasteiger partial charge in [-0.25, -0.2) is 9.59 Å². The molecule has 0 aromatic heterocycles. The molecule has 276 valence electrons. The van der Waals surface area contributed by atoms with E-state index in [1.54, 1.807) is 6.92 Å². The molecule has 3 atom stereocenters. The molecule has 0 bridgehead atoms. The fraction of sp³-hybridized carbons (Fsp3) is 0.628. The van der Waals surface area contributed by atoms with Gasteiger partial charge in [0, 0.05) is 5.57 Å². The molecule has 2 fully saturated rings. The normalized spacial score (nSPS) is 21.6. The summed E-state index contributed by atoms with van der Waals surface area (Å²) in [6.45, 7) is 15.6. The Morgan fingerprint density at radius 1 is 1.02 bits per heavy atom. The van der Waals surface area contributed by atoms with Crippen LogP contribution in [0.2, 0.25) is 0 Å². The standard InChI is InChI=1S/C43H63O6P/c1-7-10-11-13-32-15-17-34(18-16-32)35-19-20-37(40(50)24-35)38-22-36(14-12-21-47-42(45)30(4)5)39(23-33(38)9-3)48-28-43(25-31(6)8-2)27-46-26-41(44)49-29-43/h19-20,22-24,31-32,34H,4,7-18,21,25-29,50H2,1-3,5-6H3. The van der Waals surface area contributed by atoms with E-state index in [4.69, 9.17) is 18.9 Å². The molecule has 50 heavy (non-hydrogen) atoms. The van der Waals surface area contributed by atoms with Gasteiger partial charge in [0.15, 0.2) is 0 Å². The van der Waals surface area contributed by atoms with Crippen molar-refractivity contribution in [2.24, 2.45) is 17.3 Å². The lowest BCUT2D eigenvalue weighted by atomic mass is 9.77. The van der Waals surface area contributed by atoms with Gasteiger partial charge in [-0.2, -0.15) is 0 Å². The van der Waals surface area contributed by atoms with Crippen LogP contribution in [0.1, 0.15) is 128 Å². The van der Waals surface area contributed by atoms with Gasteiger partial charge in [0.25, 0.3) is 0 Å². The SMILES string of the molecule is C=C(C)C(=O)OCCCc1cc(-c2ccc(C3CCC(CCCCC)CC3)cc2P)c(CC)cc1OCC1(CC(C)CC)COCC(=O)OC1. The number of hydrogen-bond donors (Lipinski definition) is 0. The van der Waals surface area contributed by atoms with Crippen LogP contribution < -0.4 is 10.0 Å². The van der Waals surface area contributed by atoms with E-state index in [9.17, 15) is 9.59 Å². The number of carbonyl (C=O) groups excluding carboxylic acids is 2. The number of unbranched alkanes of at least 4 members (excludes halogenated alkanes) is 2. The molecule has 2 aromatic carbocycles. The summed E-state index contributed by atoms with van der Waals surface area (Å²) in [5, 5.41) is 1.22. The van der Waals surface area contributed by atoms with Crippen molar-refractivity contribution < 1.29 is 28.5 Å². The zero-order chi connectivity index (χ0) is 36.1. The highest BCUT2D eigenvalue weighted by atomic mass is 31.0. The van der Waals surface area contributed by atoms with Gasteiger partial charge in [0.2, 0.25) is 0 Å². The molecule has 2 aliphatic rings. The maximum atomic E-state index is 12.1. The summed E-state index contributed by atoms with van der Waals surface area (Å²) in [6, 6.07) is 11.6. The first kappa shape index (κ1) is 40.1. The van der Waals surface area contributed by atoms with E-state index in [-0.39, 0.29) is 25.2 Å². The Hall–Kier alpha value is -2.69. The number of esters is 2. The maximum absolute atomic E-state index is 12.1. The summed E-state index contributed by atoms with van der Waals surface area (Å²) < 4.78 is 23.6. The molecule has 7 heteroatoms. The van der Waals surface area contributed by atoms with Gasteiger partial charge >= 0.3 is 11.9 Å². The lowest BCUT2D eigenvalue weighted by Gasteiger charge is -2.33. The molecule has 1 heterocycles. The zero-order valence-electron chi connectivity index (χ0n) is 31.6. The molecule has 1 aliphatic carbocycles. The Kier molecular flexibility index (Phi) is 15.9. The summed E-state index contributed by atoms with van der Waals surface area (Å²) in [5.74, 6) is 2.11. The molecule has 1 saturated carbocycles. The van der Waals surface area contributed by atoms with Gasteiger partial charge in [-0.1, -0.05) is 84.6 Å². The summed E-state index contributed by atoms with van der Waals surface area (Å²) in [4.78, 5) is 24.2. The van der Waals surface area contributed by atoms with Crippen molar-refractivity contribution >= 4 is 26.5 Å². The minimum absolute atomic E-state index is 0.0262. The molecule has 0 radical (unpaired) electrons. The Labute approximate surface area is 304 Å². The van der Waals surface area contributed by atoms with Gasteiger partial charge in [0.05, 0.1) is 25.2 Å². The molecule has 1 aliphatic heterocycles. The monoisotopic (exact) mass is 706 g/mol. The van der Waals surface area contributed by atoms with Crippen LogP contribution in [0.5, 0.6) is 5.75 Å². The number of benzene rings is 2. The first-order valence-electron chi connectivity index (χ1n) is 19.3. The largest absolute Gasteiger partial charge is 0.492 e. The lowest BCUT2D eigenvalue weighted by molar-refractivity contribution is -0.146. The molecule has 0 amide bonds. The Morgan fingerprint density at radius 2 is 1.80 bits per heavy atom. The highest BCUT2D eigenvalue weighted by Crippen LogP contribution is 2.40. The van der Waals surface area contributed by atoms with E-state index in [2.05, 4.69) is 73.8 Å². The van der Waals surface area contributed by atoms with Crippen molar-refractivity contribution in [1.29, 1.82) is 0 Å². The minimum Gasteiger partial charge on any atom is -0.492 e. The second-order valence-electron chi connectivity index (χ2n) is 15.2. The summed E-state index contributed by atoms with van der Waals surface area (Å²) in [7, 11) is 3.02. The van der Waals surface area contributed by atoms with Crippen molar-refractivity contribution in [3.8, 4) is 16.9 Å². The summed E-state index contributed by atoms with van der Waals surface area (Å²) in [6.07, 6.45) is 14.8. The van der Waals surface area contributed by atoms with Crippen molar-refractivity contribution in [2.75, 3.05) is 33.0 Å². The molecular weight excluding hydrogens is 643 g/mol. The average molecular weight is 707 g/mol. The van der Waals surface area contributed by atoms with Crippen LogP contribution in [0.25, 0.3) is 11.1 Å². The Bertz CT molecular complexity index is 1430. The van der Waals surface area contributed by atoms with Gasteiger partial charge < -0.3 is 18.9 Å². The predicted octanol–water partition coefficient (Wildman–Crippen LogP) is 9.70. The van der Waals surface area contributed by atoms with Crippen molar-refractivity contribution in [2.45, 2.75) is 124 Å². The second kappa shape index (κ2) is 19.8. The average Bonchev–Trinajstić information content (AvgIpc) is 3.30. The van der Waals surface area contributed by atoms with Gasteiger partial charge in [0.1, 0.15) is 19.0 Å². The first-order chi connectivity index (χ1) is 24.1. The van der Waals surface area contributed by atoms with Crippen LogP contribution in [0.3, 0.4) is 0 Å². The molecule has 1 saturated heterocycles. The van der Waals surface area contributed by atoms with Crippen LogP contribution in [0, 0.1) is 17.3 Å². The van der Waals surface area contributed by atoms with E-state index < -0.39 is 5.41 Å². The maximum Gasteiger partial charge on any atom is 0.333 e. The summed E-state index contributed by atoms with van der Waals surface area (Å²) >= 11 is 0. The third-order valence-electron chi connectivity index (χ3n) is 10.9. The quantitative estimate of drug-likeness (QED) is 0.0666. The molecule has 4 rings (SSSR count). The fourth-order valence-electron chi connectivity index (χ4n) is 7.68. The topological polar surface area (TPSA) is 71.1 Å². The van der Waals surface area contributed by atoms with Crippen LogP contribution in [-0.4, -0.2) is 45.0 Å². The number of cyclic esters (lactones) is 1. The molecule has 0 N–H and O–H groups in total. The van der Waals surface area contributed by atoms with Gasteiger partial charge in [-0.3, -0.25) is 0 Å². The lowest BCUT2D eigenvalue weighted by Crippen LogP contribution is -2.38. The highest BCUT2D eigenvalue weighted by Gasteiger charge is 2.37. The number of carbonyl (C=O) groups is 2. The van der Waals surface area contributed by atoms with Crippen LogP contribution in [-0.2, 0) is 36.6 Å². The zero-order valence-corrected chi connectivity index (χ0v) is 32.7. The van der Waals surface area contributed by atoms with E-state index in [0.29, 0.717) is 50.1 Å². The van der Waals surface area contributed by atoms with Crippen molar-refractivity contribution in [1.82, 2.24) is 0 Å². The third kappa shape index (κ3) is 11.4. The van der Waals surface area contributed by atoms with Crippen molar-refractivity contribution in [3.05, 3.63) is 59.2 Å². The molecule has 3 unspecified atom stereocenters. The minimum atomic E-state index is -0.432. The molecule has 2 aromatic rings. The Morgan fingerprint density at radius 3 is 2.48 bits per heavy atom. The molecule has 0 spiro atoms. The highest BCUT2D eigenvalue weighted by molar-refractivity contribution is 7.28. The molecular formula is C43H63O6P. The van der Waals surface area contributed by atoms with Crippen LogP contribution in [0.15, 0.2) is 42.5 Å². The number of rotatable bonds is 18. The smallest absolute Gasteiger partial charge is 0.333 e. The number of ether oxygens (including phenoxy) is 4. The van der Waals surface area contributed by atoms with Gasteiger partial charge in [-0.15, -0.1) is 9.24 Å². The second-order valence-corrected chi connectivity index (χ2v) is 15.8. The predicted molar refractivity (Wildman–Crippen MR) is 207 cm³/mol. The van der Waals surface area contributed by atoms with E-state index >= 15 is 0 Å². The first-order valence-corrected chi connectivity index (χ1v) is 19.9. The van der Waals surface area contributed by atoms with Crippen LogP contribution >= 0.6 is 9.24 Å². The van der Waals surface area contributed by atoms with Gasteiger partial charge in [-0.05, 0) is 121 Å². The van der Waals surface area contributed by atoms with Crippen LogP contribution in [0.4, 0.5) is 0 Å².